The second kappa shape index (κ2) is 4.75. The Hall–Kier alpha value is -0.890. The van der Waals surface area contributed by atoms with Gasteiger partial charge in [0.15, 0.2) is 0 Å². The Morgan fingerprint density at radius 2 is 2.20 bits per heavy atom. The van der Waals surface area contributed by atoms with Crippen LogP contribution in [0.4, 0.5) is 0 Å². The summed E-state index contributed by atoms with van der Waals surface area (Å²) in [7, 11) is 0. The summed E-state index contributed by atoms with van der Waals surface area (Å²) in [5.74, 6) is 0.711. The van der Waals surface area contributed by atoms with Crippen LogP contribution in [0.25, 0.3) is 0 Å². The topological polar surface area (TPSA) is 24.9 Å². The summed E-state index contributed by atoms with van der Waals surface area (Å²) in [5.41, 5.74) is 1.19. The van der Waals surface area contributed by atoms with Gasteiger partial charge in [0.1, 0.15) is 0 Å². The van der Waals surface area contributed by atoms with E-state index < -0.39 is 0 Å². The molecule has 1 heterocycles. The third kappa shape index (κ3) is 3.31. The lowest BCUT2D eigenvalue weighted by Crippen LogP contribution is -2.25. The fourth-order valence-electron chi connectivity index (χ4n) is 1.86. The Labute approximate surface area is 92.1 Å². The van der Waals surface area contributed by atoms with E-state index in [1.54, 1.807) is 0 Å². The predicted molar refractivity (Wildman–Crippen MR) is 62.6 cm³/mol. The second-order valence-corrected chi connectivity index (χ2v) is 4.88. The van der Waals surface area contributed by atoms with Crippen molar-refractivity contribution in [2.45, 2.75) is 45.2 Å². The molecule has 2 heteroatoms. The summed E-state index contributed by atoms with van der Waals surface area (Å²) >= 11 is 0. The third-order valence-corrected chi connectivity index (χ3v) is 2.77. The van der Waals surface area contributed by atoms with Gasteiger partial charge in [-0.1, -0.05) is 19.9 Å². The summed E-state index contributed by atoms with van der Waals surface area (Å²) in [6.07, 6.45) is 5.73. The maximum absolute atomic E-state index is 4.45. The molecule has 1 aromatic rings. The number of aromatic nitrogens is 1. The van der Waals surface area contributed by atoms with E-state index >= 15 is 0 Å². The molecule has 1 atom stereocenters. The van der Waals surface area contributed by atoms with Gasteiger partial charge in [0.2, 0.25) is 0 Å². The summed E-state index contributed by atoms with van der Waals surface area (Å²) in [6, 6.07) is 7.37. The lowest BCUT2D eigenvalue weighted by atomic mass is 10.0. The van der Waals surface area contributed by atoms with Crippen LogP contribution in [0.3, 0.4) is 0 Å². The van der Waals surface area contributed by atoms with Crippen molar-refractivity contribution in [3.63, 3.8) is 0 Å². The number of pyridine rings is 1. The average molecular weight is 204 g/mol. The molecule has 0 saturated heterocycles. The van der Waals surface area contributed by atoms with Crippen LogP contribution in [0.2, 0.25) is 0 Å². The Bertz CT molecular complexity index is 287. The molecule has 0 spiro atoms. The highest BCUT2D eigenvalue weighted by atomic mass is 15.0. The maximum atomic E-state index is 4.45. The monoisotopic (exact) mass is 204 g/mol. The summed E-state index contributed by atoms with van der Waals surface area (Å²) in [6.45, 7) is 4.54. The fourth-order valence-corrected chi connectivity index (χ4v) is 1.86. The standard InChI is InChI=1S/C13H20N2/c1-10(2)9-13(15-11-6-7-11)12-5-3-4-8-14-12/h3-5,8,10-11,13,15H,6-7,9H2,1-2H3. The molecule has 0 bridgehead atoms. The van der Waals surface area contributed by atoms with Crippen LogP contribution in [0.5, 0.6) is 0 Å². The van der Waals surface area contributed by atoms with Gasteiger partial charge in [-0.25, -0.2) is 0 Å². The molecule has 1 aromatic heterocycles. The highest BCUT2D eigenvalue weighted by Gasteiger charge is 2.26. The smallest absolute Gasteiger partial charge is 0.0573 e. The molecule has 82 valence electrons. The van der Waals surface area contributed by atoms with E-state index in [9.17, 15) is 0 Å². The first kappa shape index (κ1) is 10.6. The van der Waals surface area contributed by atoms with Gasteiger partial charge < -0.3 is 5.32 Å². The number of nitrogens with one attached hydrogen (secondary N) is 1. The van der Waals surface area contributed by atoms with Crippen LogP contribution in [0, 0.1) is 5.92 Å². The van der Waals surface area contributed by atoms with Crippen molar-refractivity contribution in [3.8, 4) is 0 Å². The van der Waals surface area contributed by atoms with Crippen LogP contribution in [0.1, 0.15) is 44.8 Å². The Kier molecular flexibility index (Phi) is 3.37. The zero-order valence-corrected chi connectivity index (χ0v) is 9.61. The van der Waals surface area contributed by atoms with E-state index in [0.717, 1.165) is 6.04 Å². The molecule has 2 nitrogen and oxygen atoms in total. The molecule has 0 aromatic carbocycles. The van der Waals surface area contributed by atoms with Gasteiger partial charge in [-0.2, -0.15) is 0 Å². The second-order valence-electron chi connectivity index (χ2n) is 4.88. The van der Waals surface area contributed by atoms with Gasteiger partial charge in [-0.3, -0.25) is 4.98 Å². The lowest BCUT2D eigenvalue weighted by molar-refractivity contribution is 0.420. The van der Waals surface area contributed by atoms with Crippen LogP contribution < -0.4 is 5.32 Å². The Morgan fingerprint density at radius 1 is 1.40 bits per heavy atom. The van der Waals surface area contributed by atoms with Crippen molar-refractivity contribution in [1.29, 1.82) is 0 Å². The van der Waals surface area contributed by atoms with E-state index in [4.69, 9.17) is 0 Å². The van der Waals surface area contributed by atoms with Gasteiger partial charge in [0.25, 0.3) is 0 Å². The third-order valence-electron chi connectivity index (χ3n) is 2.77. The number of hydrogen-bond donors (Lipinski definition) is 1. The molecule has 1 saturated carbocycles. The van der Waals surface area contributed by atoms with E-state index in [1.165, 1.54) is 25.0 Å². The van der Waals surface area contributed by atoms with Gasteiger partial charge >= 0.3 is 0 Å². The molecule has 0 aliphatic heterocycles. The van der Waals surface area contributed by atoms with E-state index in [2.05, 4.69) is 36.3 Å². The van der Waals surface area contributed by atoms with Gasteiger partial charge in [-0.15, -0.1) is 0 Å². The highest BCUT2D eigenvalue weighted by Crippen LogP contribution is 2.26. The minimum atomic E-state index is 0.443. The summed E-state index contributed by atoms with van der Waals surface area (Å²) in [4.78, 5) is 4.45. The predicted octanol–water partition coefficient (Wildman–Crippen LogP) is 2.92. The molecule has 0 amide bonds. The first-order valence-corrected chi connectivity index (χ1v) is 5.92. The van der Waals surface area contributed by atoms with Gasteiger partial charge in [0, 0.05) is 18.3 Å². The van der Waals surface area contributed by atoms with E-state index in [0.29, 0.717) is 12.0 Å². The molecule has 1 aliphatic rings. The molecule has 15 heavy (non-hydrogen) atoms. The number of hydrogen-bond acceptors (Lipinski definition) is 2. The van der Waals surface area contributed by atoms with Crippen molar-refractivity contribution in [2.75, 3.05) is 0 Å². The average Bonchev–Trinajstić information content (AvgIpc) is 3.01. The van der Waals surface area contributed by atoms with Crippen molar-refractivity contribution in [2.24, 2.45) is 5.92 Å². The highest BCUT2D eigenvalue weighted by molar-refractivity contribution is 5.09. The van der Waals surface area contributed by atoms with Crippen LogP contribution in [-0.2, 0) is 0 Å². The first-order valence-electron chi connectivity index (χ1n) is 5.92. The molecule has 1 fully saturated rings. The SMILES string of the molecule is CC(C)CC(NC1CC1)c1ccccn1. The minimum absolute atomic E-state index is 0.443. The van der Waals surface area contributed by atoms with E-state index in [1.807, 2.05) is 12.3 Å². The largest absolute Gasteiger partial charge is 0.306 e. The Morgan fingerprint density at radius 3 is 2.73 bits per heavy atom. The lowest BCUT2D eigenvalue weighted by Gasteiger charge is -2.19. The molecular formula is C13H20N2. The van der Waals surface area contributed by atoms with Crippen LogP contribution >= 0.6 is 0 Å². The summed E-state index contributed by atoms with van der Waals surface area (Å²) < 4.78 is 0. The van der Waals surface area contributed by atoms with E-state index in [-0.39, 0.29) is 0 Å². The first-order chi connectivity index (χ1) is 7.25. The number of nitrogens with zero attached hydrogens (tertiary/aromatic N) is 1. The quantitative estimate of drug-likeness (QED) is 0.797. The molecular weight excluding hydrogens is 184 g/mol. The molecule has 0 radical (unpaired) electrons. The summed E-state index contributed by atoms with van der Waals surface area (Å²) in [5, 5.41) is 3.68. The van der Waals surface area contributed by atoms with Crippen molar-refractivity contribution in [1.82, 2.24) is 10.3 Å². The molecule has 1 unspecified atom stereocenters. The van der Waals surface area contributed by atoms with Gasteiger partial charge in [-0.05, 0) is 37.3 Å². The van der Waals surface area contributed by atoms with Crippen LogP contribution in [0.15, 0.2) is 24.4 Å². The number of rotatable bonds is 5. The van der Waals surface area contributed by atoms with Crippen molar-refractivity contribution < 1.29 is 0 Å². The minimum Gasteiger partial charge on any atom is -0.306 e. The molecule has 2 rings (SSSR count). The van der Waals surface area contributed by atoms with Gasteiger partial charge in [0.05, 0.1) is 5.69 Å². The Balaban J connectivity index is 2.03. The molecule has 1 aliphatic carbocycles. The normalized spacial score (nSPS) is 18.1. The molecule has 1 N–H and O–H groups in total. The zero-order valence-electron chi connectivity index (χ0n) is 9.61. The van der Waals surface area contributed by atoms with Crippen molar-refractivity contribution in [3.05, 3.63) is 30.1 Å². The zero-order chi connectivity index (χ0) is 10.7. The van der Waals surface area contributed by atoms with Crippen LogP contribution in [-0.4, -0.2) is 11.0 Å². The van der Waals surface area contributed by atoms with Crippen molar-refractivity contribution >= 4 is 0 Å². The maximum Gasteiger partial charge on any atom is 0.0573 e. The fraction of sp³-hybridized carbons (Fsp3) is 0.615.